The van der Waals surface area contributed by atoms with Gasteiger partial charge in [-0.25, -0.2) is 13.1 Å². The second kappa shape index (κ2) is 5.25. The van der Waals surface area contributed by atoms with E-state index in [-0.39, 0.29) is 5.75 Å². The van der Waals surface area contributed by atoms with Crippen LogP contribution in [0.4, 0.5) is 0 Å². The third kappa shape index (κ3) is 4.46. The second-order valence-corrected chi connectivity index (χ2v) is 5.98. The minimum Gasteiger partial charge on any atom is -0.379 e. The summed E-state index contributed by atoms with van der Waals surface area (Å²) in [6, 6.07) is 0. The summed E-state index contributed by atoms with van der Waals surface area (Å²) in [4.78, 5) is 0. The Balaban J connectivity index is 2.41. The fourth-order valence-electron chi connectivity index (χ4n) is 1.56. The van der Waals surface area contributed by atoms with E-state index < -0.39 is 15.6 Å². The number of rotatable bonds is 6. The van der Waals surface area contributed by atoms with Crippen LogP contribution in [0.1, 0.15) is 20.3 Å². The topological polar surface area (TPSA) is 67.4 Å². The molecule has 6 heteroatoms. The summed E-state index contributed by atoms with van der Waals surface area (Å²) in [6.45, 7) is 6.20. The Morgan fingerprint density at radius 3 is 2.73 bits per heavy atom. The lowest BCUT2D eigenvalue weighted by Crippen LogP contribution is -2.48. The highest BCUT2D eigenvalue weighted by Crippen LogP contribution is 2.18. The van der Waals surface area contributed by atoms with Crippen LogP contribution in [0.5, 0.6) is 0 Å². The molecule has 1 rings (SSSR count). The van der Waals surface area contributed by atoms with E-state index in [0.29, 0.717) is 19.8 Å². The maximum absolute atomic E-state index is 11.7. The Morgan fingerprint density at radius 2 is 2.20 bits per heavy atom. The van der Waals surface area contributed by atoms with Crippen LogP contribution in [0.25, 0.3) is 0 Å². The van der Waals surface area contributed by atoms with Crippen LogP contribution in [-0.2, 0) is 14.8 Å². The first kappa shape index (κ1) is 12.9. The quantitative estimate of drug-likeness (QED) is 0.621. The summed E-state index contributed by atoms with van der Waals surface area (Å²) in [5, 5.41) is 2.99. The van der Waals surface area contributed by atoms with Crippen LogP contribution in [0.2, 0.25) is 0 Å². The van der Waals surface area contributed by atoms with Gasteiger partial charge in [-0.3, -0.25) is 0 Å². The lowest BCUT2D eigenvalue weighted by atomic mass is 10.0. The van der Waals surface area contributed by atoms with E-state index in [0.717, 1.165) is 13.0 Å². The molecular weight excluding hydrogens is 216 g/mol. The highest BCUT2D eigenvalue weighted by molar-refractivity contribution is 7.89. The van der Waals surface area contributed by atoms with Crippen molar-refractivity contribution in [2.75, 3.05) is 32.1 Å². The molecular formula is C9H20N2O3S. The van der Waals surface area contributed by atoms with Gasteiger partial charge in [-0.05, 0) is 19.9 Å². The summed E-state index contributed by atoms with van der Waals surface area (Å²) in [5.74, 6) is 0.121. The largest absolute Gasteiger partial charge is 0.379 e. The van der Waals surface area contributed by atoms with E-state index >= 15 is 0 Å². The molecule has 0 radical (unpaired) electrons. The third-order valence-corrected chi connectivity index (χ3v) is 3.96. The molecule has 0 aromatic carbocycles. The average molecular weight is 236 g/mol. The monoisotopic (exact) mass is 236 g/mol. The maximum Gasteiger partial charge on any atom is 0.213 e. The van der Waals surface area contributed by atoms with E-state index in [2.05, 4.69) is 10.0 Å². The van der Waals surface area contributed by atoms with Gasteiger partial charge in [0.1, 0.15) is 0 Å². The van der Waals surface area contributed by atoms with Gasteiger partial charge < -0.3 is 10.1 Å². The number of ether oxygens (including phenoxy) is 1. The number of nitrogens with one attached hydrogen (secondary N) is 2. The molecule has 0 amide bonds. The molecule has 1 aliphatic rings. The minimum absolute atomic E-state index is 0.121. The summed E-state index contributed by atoms with van der Waals surface area (Å²) in [7, 11) is -3.19. The fraction of sp³-hybridized carbons (Fsp3) is 1.00. The predicted molar refractivity (Wildman–Crippen MR) is 59.3 cm³/mol. The summed E-state index contributed by atoms with van der Waals surface area (Å²) in [6.07, 6.45) is 0.743. The van der Waals surface area contributed by atoms with Crippen molar-refractivity contribution in [1.29, 1.82) is 0 Å². The van der Waals surface area contributed by atoms with Gasteiger partial charge in [-0.1, -0.05) is 6.92 Å². The molecule has 1 aliphatic heterocycles. The second-order valence-electron chi connectivity index (χ2n) is 4.14. The fourth-order valence-corrected chi connectivity index (χ4v) is 2.98. The number of sulfonamides is 1. The van der Waals surface area contributed by atoms with Gasteiger partial charge in [-0.2, -0.15) is 0 Å². The van der Waals surface area contributed by atoms with E-state index in [9.17, 15) is 8.42 Å². The zero-order valence-corrected chi connectivity index (χ0v) is 10.2. The standard InChI is InChI=1S/C9H20N2O3S/c1-3-10-5-7-15(12,13)11-9(2)4-6-14-8-9/h10-11H,3-8H2,1-2H3. The molecule has 2 N–H and O–H groups in total. The summed E-state index contributed by atoms with van der Waals surface area (Å²) < 4.78 is 31.2. The first-order chi connectivity index (χ1) is 6.97. The minimum atomic E-state index is -3.19. The van der Waals surface area contributed by atoms with E-state index in [1.54, 1.807) is 0 Å². The molecule has 5 nitrogen and oxygen atoms in total. The molecule has 0 aliphatic carbocycles. The molecule has 1 atom stereocenters. The third-order valence-electron chi connectivity index (χ3n) is 2.42. The van der Waals surface area contributed by atoms with E-state index in [4.69, 9.17) is 4.74 Å². The van der Waals surface area contributed by atoms with Gasteiger partial charge in [0.05, 0.1) is 17.9 Å². The molecule has 1 saturated heterocycles. The van der Waals surface area contributed by atoms with Crippen molar-refractivity contribution in [1.82, 2.24) is 10.0 Å². The first-order valence-corrected chi connectivity index (χ1v) is 6.93. The van der Waals surface area contributed by atoms with Gasteiger partial charge in [0.25, 0.3) is 0 Å². The molecule has 1 heterocycles. The van der Waals surface area contributed by atoms with Crippen LogP contribution >= 0.6 is 0 Å². The van der Waals surface area contributed by atoms with Crippen LogP contribution in [0.15, 0.2) is 0 Å². The molecule has 1 fully saturated rings. The van der Waals surface area contributed by atoms with Crippen molar-refractivity contribution in [2.45, 2.75) is 25.8 Å². The van der Waals surface area contributed by atoms with Crippen molar-refractivity contribution in [3.63, 3.8) is 0 Å². The molecule has 0 bridgehead atoms. The molecule has 0 spiro atoms. The Hall–Kier alpha value is -0.170. The Bertz CT molecular complexity index is 284. The van der Waals surface area contributed by atoms with Crippen molar-refractivity contribution >= 4 is 10.0 Å². The highest BCUT2D eigenvalue weighted by atomic mass is 32.2. The van der Waals surface area contributed by atoms with Crippen LogP contribution in [0.3, 0.4) is 0 Å². The van der Waals surface area contributed by atoms with Crippen LogP contribution in [0, 0.1) is 0 Å². The number of hydrogen-bond donors (Lipinski definition) is 2. The van der Waals surface area contributed by atoms with Crippen molar-refractivity contribution < 1.29 is 13.2 Å². The lowest BCUT2D eigenvalue weighted by molar-refractivity contribution is 0.178. The van der Waals surface area contributed by atoms with E-state index in [1.807, 2.05) is 13.8 Å². The molecule has 0 aromatic heterocycles. The van der Waals surface area contributed by atoms with Gasteiger partial charge in [0.2, 0.25) is 10.0 Å². The first-order valence-electron chi connectivity index (χ1n) is 5.27. The molecule has 90 valence electrons. The van der Waals surface area contributed by atoms with Crippen molar-refractivity contribution in [3.8, 4) is 0 Å². The molecule has 15 heavy (non-hydrogen) atoms. The van der Waals surface area contributed by atoms with Gasteiger partial charge in [0, 0.05) is 13.2 Å². The van der Waals surface area contributed by atoms with Crippen molar-refractivity contribution in [2.24, 2.45) is 0 Å². The smallest absolute Gasteiger partial charge is 0.213 e. The highest BCUT2D eigenvalue weighted by Gasteiger charge is 2.33. The Morgan fingerprint density at radius 1 is 1.47 bits per heavy atom. The van der Waals surface area contributed by atoms with Crippen molar-refractivity contribution in [3.05, 3.63) is 0 Å². The van der Waals surface area contributed by atoms with Gasteiger partial charge in [0.15, 0.2) is 0 Å². The normalized spacial score (nSPS) is 27.1. The van der Waals surface area contributed by atoms with Gasteiger partial charge >= 0.3 is 0 Å². The molecule has 0 saturated carbocycles. The lowest BCUT2D eigenvalue weighted by Gasteiger charge is -2.23. The zero-order chi connectivity index (χ0) is 11.4. The number of hydrogen-bond acceptors (Lipinski definition) is 4. The van der Waals surface area contributed by atoms with Gasteiger partial charge in [-0.15, -0.1) is 0 Å². The van der Waals surface area contributed by atoms with Crippen LogP contribution in [-0.4, -0.2) is 46.0 Å². The van der Waals surface area contributed by atoms with Crippen LogP contribution < -0.4 is 10.0 Å². The van der Waals surface area contributed by atoms with E-state index in [1.165, 1.54) is 0 Å². The average Bonchev–Trinajstić information content (AvgIpc) is 2.50. The Labute approximate surface area is 91.6 Å². The SMILES string of the molecule is CCNCCS(=O)(=O)NC1(C)CCOC1. The summed E-state index contributed by atoms with van der Waals surface area (Å²) >= 11 is 0. The predicted octanol–water partition coefficient (Wildman–Crippen LogP) is -0.306. The maximum atomic E-state index is 11.7. The Kier molecular flexibility index (Phi) is 4.51. The molecule has 0 aromatic rings. The molecule has 1 unspecified atom stereocenters. The zero-order valence-electron chi connectivity index (χ0n) is 9.38. The summed E-state index contributed by atoms with van der Waals surface area (Å²) in [5.41, 5.74) is -0.412.